The zero-order valence-corrected chi connectivity index (χ0v) is 15.5. The predicted octanol–water partition coefficient (Wildman–Crippen LogP) is -0.496. The highest BCUT2D eigenvalue weighted by Gasteiger charge is 2.31. The highest BCUT2D eigenvalue weighted by molar-refractivity contribution is 7.89. The lowest BCUT2D eigenvalue weighted by Gasteiger charge is -2.36. The van der Waals surface area contributed by atoms with E-state index in [1.165, 1.54) is 4.31 Å². The van der Waals surface area contributed by atoms with Crippen molar-refractivity contribution in [1.29, 1.82) is 0 Å². The van der Waals surface area contributed by atoms with Gasteiger partial charge in [0.05, 0.1) is 0 Å². The summed E-state index contributed by atoms with van der Waals surface area (Å²) in [5, 5.41) is 2.77. The number of hydrogen-bond donors (Lipinski definition) is 2. The summed E-state index contributed by atoms with van der Waals surface area (Å²) in [6.45, 7) is 5.36. The molecule has 1 atom stereocenters. The van der Waals surface area contributed by atoms with Gasteiger partial charge in [0, 0.05) is 45.2 Å². The largest absolute Gasteiger partial charge is 0.354 e. The standard InChI is InChI=1S/C15H30N4O4S/c1-3-18(4-2)24(22,23)12-15(21)19-10-6-5-7-13(19)11-17-14(20)8-9-16/h13H,3-12,16H2,1-2H3,(H,17,20). The third-order valence-corrected chi connectivity index (χ3v) is 6.17. The number of likely N-dealkylation sites (tertiary alicyclic amines) is 1. The third-order valence-electron chi connectivity index (χ3n) is 4.26. The molecular weight excluding hydrogens is 332 g/mol. The molecule has 0 aromatic rings. The second kappa shape index (κ2) is 9.95. The van der Waals surface area contributed by atoms with Crippen LogP contribution >= 0.6 is 0 Å². The van der Waals surface area contributed by atoms with Gasteiger partial charge in [-0.25, -0.2) is 12.7 Å². The molecule has 140 valence electrons. The number of rotatable bonds is 9. The van der Waals surface area contributed by atoms with Crippen molar-refractivity contribution in [2.24, 2.45) is 5.73 Å². The molecule has 1 heterocycles. The summed E-state index contributed by atoms with van der Waals surface area (Å²) in [5.41, 5.74) is 5.34. The number of nitrogens with zero attached hydrogens (tertiary/aromatic N) is 2. The average molecular weight is 362 g/mol. The van der Waals surface area contributed by atoms with Gasteiger partial charge in [0.1, 0.15) is 5.75 Å². The number of hydrogen-bond acceptors (Lipinski definition) is 5. The Morgan fingerprint density at radius 3 is 2.50 bits per heavy atom. The summed E-state index contributed by atoms with van der Waals surface area (Å²) in [6, 6.07) is -0.153. The van der Waals surface area contributed by atoms with Gasteiger partial charge in [0.15, 0.2) is 0 Å². The van der Waals surface area contributed by atoms with Gasteiger partial charge in [-0.2, -0.15) is 0 Å². The maximum absolute atomic E-state index is 12.5. The lowest BCUT2D eigenvalue weighted by atomic mass is 10.0. The van der Waals surface area contributed by atoms with Crippen LogP contribution in [0.25, 0.3) is 0 Å². The quantitative estimate of drug-likeness (QED) is 0.574. The van der Waals surface area contributed by atoms with Crippen LogP contribution in [0.15, 0.2) is 0 Å². The number of carbonyl (C=O) groups is 2. The van der Waals surface area contributed by atoms with Gasteiger partial charge in [-0.05, 0) is 19.3 Å². The van der Waals surface area contributed by atoms with Gasteiger partial charge in [-0.1, -0.05) is 13.8 Å². The highest BCUT2D eigenvalue weighted by atomic mass is 32.2. The lowest BCUT2D eigenvalue weighted by Crippen LogP contribution is -2.52. The summed E-state index contributed by atoms with van der Waals surface area (Å²) in [7, 11) is -3.60. The monoisotopic (exact) mass is 362 g/mol. The Bertz CT molecular complexity index is 520. The number of carbonyl (C=O) groups excluding carboxylic acids is 2. The van der Waals surface area contributed by atoms with E-state index in [-0.39, 0.29) is 30.8 Å². The molecule has 9 heteroatoms. The Labute approximate surface area is 144 Å². The van der Waals surface area contributed by atoms with Crippen LogP contribution in [0.5, 0.6) is 0 Å². The van der Waals surface area contributed by atoms with Gasteiger partial charge >= 0.3 is 0 Å². The molecule has 0 bridgehead atoms. The summed E-state index contributed by atoms with van der Waals surface area (Å²) < 4.78 is 25.9. The van der Waals surface area contributed by atoms with Crippen LogP contribution in [-0.2, 0) is 19.6 Å². The first kappa shape index (κ1) is 20.9. The normalized spacial score (nSPS) is 18.7. The summed E-state index contributed by atoms with van der Waals surface area (Å²) in [4.78, 5) is 25.7. The van der Waals surface area contributed by atoms with Crippen molar-refractivity contribution in [2.75, 3.05) is 38.5 Å². The second-order valence-corrected chi connectivity index (χ2v) is 7.89. The first-order valence-corrected chi connectivity index (χ1v) is 10.2. The fraction of sp³-hybridized carbons (Fsp3) is 0.867. The smallest absolute Gasteiger partial charge is 0.239 e. The molecule has 24 heavy (non-hydrogen) atoms. The van der Waals surface area contributed by atoms with E-state index < -0.39 is 15.8 Å². The minimum absolute atomic E-state index is 0.147. The van der Waals surface area contributed by atoms with Crippen molar-refractivity contribution < 1.29 is 18.0 Å². The van der Waals surface area contributed by atoms with Gasteiger partial charge in [0.2, 0.25) is 21.8 Å². The van der Waals surface area contributed by atoms with Crippen molar-refractivity contribution in [3.63, 3.8) is 0 Å². The molecule has 2 amide bonds. The molecule has 0 saturated carbocycles. The zero-order valence-electron chi connectivity index (χ0n) is 14.7. The van der Waals surface area contributed by atoms with E-state index >= 15 is 0 Å². The van der Waals surface area contributed by atoms with Gasteiger partial charge in [0.25, 0.3) is 0 Å². The van der Waals surface area contributed by atoms with Crippen LogP contribution in [-0.4, -0.2) is 74.0 Å². The SMILES string of the molecule is CCN(CC)S(=O)(=O)CC(=O)N1CCCCC1CNC(=O)CCN. The van der Waals surface area contributed by atoms with Gasteiger partial charge in [-0.15, -0.1) is 0 Å². The van der Waals surface area contributed by atoms with Crippen molar-refractivity contribution >= 4 is 21.8 Å². The molecule has 0 aromatic heterocycles. The molecule has 3 N–H and O–H groups in total. The predicted molar refractivity (Wildman–Crippen MR) is 92.7 cm³/mol. The summed E-state index contributed by atoms with van der Waals surface area (Å²) >= 11 is 0. The molecule has 1 aliphatic rings. The molecular formula is C15H30N4O4S. The molecule has 1 unspecified atom stereocenters. The molecule has 0 aliphatic carbocycles. The first-order valence-electron chi connectivity index (χ1n) is 8.59. The van der Waals surface area contributed by atoms with Crippen LogP contribution in [0.4, 0.5) is 0 Å². The Morgan fingerprint density at radius 2 is 1.92 bits per heavy atom. The number of piperidine rings is 1. The number of nitrogens with one attached hydrogen (secondary N) is 1. The third kappa shape index (κ3) is 6.03. The van der Waals surface area contributed by atoms with E-state index in [1.807, 2.05) is 0 Å². The minimum Gasteiger partial charge on any atom is -0.354 e. The van der Waals surface area contributed by atoms with Crippen LogP contribution in [0.3, 0.4) is 0 Å². The molecule has 0 aromatic carbocycles. The van der Waals surface area contributed by atoms with E-state index in [4.69, 9.17) is 5.73 Å². The molecule has 1 saturated heterocycles. The van der Waals surface area contributed by atoms with E-state index in [0.717, 1.165) is 19.3 Å². The van der Waals surface area contributed by atoms with Crippen molar-refractivity contribution in [2.45, 2.75) is 45.6 Å². The van der Waals surface area contributed by atoms with E-state index in [1.54, 1.807) is 18.7 Å². The maximum Gasteiger partial charge on any atom is 0.239 e. The topological polar surface area (TPSA) is 113 Å². The molecule has 0 radical (unpaired) electrons. The molecule has 1 aliphatic heterocycles. The minimum atomic E-state index is -3.60. The van der Waals surface area contributed by atoms with Crippen LogP contribution in [0.1, 0.15) is 39.5 Å². The number of amides is 2. The van der Waals surface area contributed by atoms with Crippen LogP contribution < -0.4 is 11.1 Å². The second-order valence-electron chi connectivity index (χ2n) is 5.92. The van der Waals surface area contributed by atoms with Crippen LogP contribution in [0.2, 0.25) is 0 Å². The maximum atomic E-state index is 12.5. The van der Waals surface area contributed by atoms with Gasteiger partial charge < -0.3 is 16.0 Å². The fourth-order valence-corrected chi connectivity index (χ4v) is 4.39. The Morgan fingerprint density at radius 1 is 1.25 bits per heavy atom. The summed E-state index contributed by atoms with van der Waals surface area (Å²) in [5.74, 6) is -1.05. The Hall–Kier alpha value is -1.19. The van der Waals surface area contributed by atoms with E-state index in [0.29, 0.717) is 26.2 Å². The van der Waals surface area contributed by atoms with Gasteiger partial charge in [-0.3, -0.25) is 9.59 Å². The molecule has 1 rings (SSSR count). The zero-order chi connectivity index (χ0) is 18.2. The van der Waals surface area contributed by atoms with Crippen molar-refractivity contribution in [3.05, 3.63) is 0 Å². The molecule has 0 spiro atoms. The van der Waals surface area contributed by atoms with E-state index in [2.05, 4.69) is 5.32 Å². The van der Waals surface area contributed by atoms with Crippen molar-refractivity contribution in [1.82, 2.24) is 14.5 Å². The number of sulfonamides is 1. The van der Waals surface area contributed by atoms with Crippen molar-refractivity contribution in [3.8, 4) is 0 Å². The molecule has 8 nitrogen and oxygen atoms in total. The lowest BCUT2D eigenvalue weighted by molar-refractivity contribution is -0.132. The fourth-order valence-electron chi connectivity index (χ4n) is 2.94. The molecule has 1 fully saturated rings. The Kier molecular flexibility index (Phi) is 8.65. The summed E-state index contributed by atoms with van der Waals surface area (Å²) in [6.07, 6.45) is 2.82. The van der Waals surface area contributed by atoms with Crippen LogP contribution in [0, 0.1) is 0 Å². The average Bonchev–Trinajstić information content (AvgIpc) is 2.53. The number of nitrogens with two attached hydrogens (primary N) is 1. The highest BCUT2D eigenvalue weighted by Crippen LogP contribution is 2.17. The Balaban J connectivity index is 2.69. The van der Waals surface area contributed by atoms with E-state index in [9.17, 15) is 18.0 Å². The first-order chi connectivity index (χ1) is 11.4.